The van der Waals surface area contributed by atoms with E-state index in [1.165, 1.54) is 0 Å². The van der Waals surface area contributed by atoms with Crippen molar-refractivity contribution in [3.05, 3.63) is 0 Å². The summed E-state index contributed by atoms with van der Waals surface area (Å²) in [6.07, 6.45) is 0.380. The van der Waals surface area contributed by atoms with E-state index in [4.69, 9.17) is 11.6 Å². The van der Waals surface area contributed by atoms with Crippen molar-refractivity contribution in [2.75, 3.05) is 14.1 Å². The number of nitrogens with one attached hydrogen (secondary N) is 1. The van der Waals surface area contributed by atoms with Crippen molar-refractivity contribution in [2.24, 2.45) is 0 Å². The van der Waals surface area contributed by atoms with Crippen molar-refractivity contribution >= 4 is 21.8 Å². The first-order valence-corrected chi connectivity index (χ1v) is 4.69. The van der Waals surface area contributed by atoms with Crippen LogP contribution in [-0.4, -0.2) is 40.5 Å². The molecule has 0 saturated carbocycles. The first kappa shape index (κ1) is 9.43. The number of halogens is 1. The van der Waals surface area contributed by atoms with Crippen LogP contribution in [0.2, 0.25) is 0 Å². The largest absolute Gasteiger partial charge is 0.294 e. The number of rotatable bonds is 3. The Labute approximate surface area is 65.0 Å². The molecule has 0 rings (SSSR count). The molecule has 0 spiro atoms. The van der Waals surface area contributed by atoms with Crippen molar-refractivity contribution in [2.45, 2.75) is 18.2 Å². The van der Waals surface area contributed by atoms with Crippen LogP contribution in [0.4, 0.5) is 0 Å². The highest BCUT2D eigenvalue weighted by atomic mass is 35.5. The van der Waals surface area contributed by atoms with E-state index in [-0.39, 0.29) is 5.12 Å². The van der Waals surface area contributed by atoms with Gasteiger partial charge in [-0.15, -0.1) is 11.6 Å². The van der Waals surface area contributed by atoms with Gasteiger partial charge in [0.25, 0.3) is 0 Å². The second-order valence-corrected chi connectivity index (χ2v) is 4.96. The molecule has 1 N–H and O–H groups in total. The zero-order valence-electron chi connectivity index (χ0n) is 6.48. The van der Waals surface area contributed by atoms with E-state index in [1.807, 2.05) is 14.1 Å². The highest BCUT2D eigenvalue weighted by molar-refractivity contribution is 6.40. The van der Waals surface area contributed by atoms with Gasteiger partial charge < -0.3 is 0 Å². The molecule has 0 heterocycles. The third-order valence-corrected chi connectivity index (χ3v) is 1.70. The molecule has 0 fully saturated rings. The van der Waals surface area contributed by atoms with E-state index in [0.29, 0.717) is 6.17 Å². The van der Waals surface area contributed by atoms with Gasteiger partial charge in [0.2, 0.25) is 0 Å². The third-order valence-electron chi connectivity index (χ3n) is 1.25. The van der Waals surface area contributed by atoms with Crippen LogP contribution in [0.25, 0.3) is 0 Å². The van der Waals surface area contributed by atoms with E-state index in [9.17, 15) is 0 Å². The first-order valence-electron chi connectivity index (χ1n) is 3.10. The Balaban J connectivity index is 3.38. The molecule has 0 aromatic heterocycles. The lowest BCUT2D eigenvalue weighted by atomic mass is 10.5. The molecule has 2 nitrogen and oxygen atoms in total. The van der Waals surface area contributed by atoms with Crippen LogP contribution in [0.3, 0.4) is 0 Å². The number of alkyl halides is 1. The fourth-order valence-electron chi connectivity index (χ4n) is 0.481. The topological polar surface area (TPSA) is 15.3 Å². The summed E-state index contributed by atoms with van der Waals surface area (Å²) in [5.41, 5.74) is 0. The summed E-state index contributed by atoms with van der Waals surface area (Å²) >= 11 is 5.74. The summed E-state index contributed by atoms with van der Waals surface area (Å²) in [5, 5.41) is 3.38. The van der Waals surface area contributed by atoms with Crippen molar-refractivity contribution in [3.8, 4) is 0 Å². The zero-order chi connectivity index (χ0) is 7.44. The van der Waals surface area contributed by atoms with Crippen LogP contribution < -0.4 is 5.32 Å². The predicted molar refractivity (Wildman–Crippen MR) is 45.9 cm³/mol. The molecule has 0 aliphatic carbocycles. The van der Waals surface area contributed by atoms with Crippen molar-refractivity contribution < 1.29 is 0 Å². The van der Waals surface area contributed by atoms with Crippen LogP contribution in [0, 0.1) is 0 Å². The highest BCUT2D eigenvalue weighted by Crippen LogP contribution is 1.89. The smallest absolute Gasteiger partial charge is 0.0632 e. The van der Waals surface area contributed by atoms with Crippen LogP contribution in [0.5, 0.6) is 0 Å². The molecule has 0 bridgehead atoms. The van der Waals surface area contributed by atoms with Gasteiger partial charge in [0.05, 0.1) is 11.3 Å². The lowest BCUT2D eigenvalue weighted by Crippen LogP contribution is -2.42. The van der Waals surface area contributed by atoms with Gasteiger partial charge in [0.15, 0.2) is 0 Å². The summed E-state index contributed by atoms with van der Waals surface area (Å²) < 4.78 is 0. The molecule has 0 aromatic rings. The standard InChI is InChI=1S/C5H15ClN2Si/c1-4(8(2)3)7-5(6)9/h4-5,7H,1-3,9H3. The van der Waals surface area contributed by atoms with Crippen LogP contribution in [-0.2, 0) is 0 Å². The molecule has 0 radical (unpaired) electrons. The zero-order valence-corrected chi connectivity index (χ0v) is 9.24. The highest BCUT2D eigenvalue weighted by Gasteiger charge is 2.04. The summed E-state index contributed by atoms with van der Waals surface area (Å²) in [4.78, 5) is 2.09. The minimum atomic E-state index is 0.183. The predicted octanol–water partition coefficient (Wildman–Crippen LogP) is -0.629. The molecule has 4 heteroatoms. The summed E-state index contributed by atoms with van der Waals surface area (Å²) in [6.45, 7) is 2.09. The second-order valence-electron chi connectivity index (χ2n) is 2.42. The maximum atomic E-state index is 5.74. The van der Waals surface area contributed by atoms with Crippen LogP contribution in [0.1, 0.15) is 6.92 Å². The molecule has 0 amide bonds. The summed E-state index contributed by atoms with van der Waals surface area (Å²) in [5.74, 6) is 0. The number of hydrogen-bond acceptors (Lipinski definition) is 2. The lowest BCUT2D eigenvalue weighted by molar-refractivity contribution is 0.272. The summed E-state index contributed by atoms with van der Waals surface area (Å²) in [7, 11) is 5.04. The third kappa shape index (κ3) is 4.90. The van der Waals surface area contributed by atoms with Crippen molar-refractivity contribution in [1.82, 2.24) is 10.2 Å². The fourth-order valence-corrected chi connectivity index (χ4v) is 1.15. The molecule has 9 heavy (non-hydrogen) atoms. The number of nitrogens with zero attached hydrogens (tertiary/aromatic N) is 1. The van der Waals surface area contributed by atoms with Crippen molar-refractivity contribution in [3.63, 3.8) is 0 Å². The van der Waals surface area contributed by atoms with Gasteiger partial charge in [-0.1, -0.05) is 0 Å². The number of hydrogen-bond donors (Lipinski definition) is 1. The van der Waals surface area contributed by atoms with E-state index in [1.54, 1.807) is 0 Å². The van der Waals surface area contributed by atoms with Crippen molar-refractivity contribution in [1.29, 1.82) is 0 Å². The Morgan fingerprint density at radius 1 is 1.56 bits per heavy atom. The van der Waals surface area contributed by atoms with Crippen LogP contribution >= 0.6 is 11.6 Å². The van der Waals surface area contributed by atoms with Gasteiger partial charge >= 0.3 is 0 Å². The summed E-state index contributed by atoms with van der Waals surface area (Å²) in [6, 6.07) is 0. The van der Waals surface area contributed by atoms with Gasteiger partial charge in [-0.3, -0.25) is 10.2 Å². The first-order chi connectivity index (χ1) is 4.04. The Morgan fingerprint density at radius 3 is 2.11 bits per heavy atom. The van der Waals surface area contributed by atoms with Crippen LogP contribution in [0.15, 0.2) is 0 Å². The van der Waals surface area contributed by atoms with E-state index >= 15 is 0 Å². The molecule has 2 unspecified atom stereocenters. The van der Waals surface area contributed by atoms with Gasteiger partial charge in [-0.25, -0.2) is 0 Å². The Kier molecular flexibility index (Phi) is 4.48. The minimum Gasteiger partial charge on any atom is -0.294 e. The average Bonchev–Trinajstić information content (AvgIpc) is 1.63. The average molecular weight is 167 g/mol. The minimum absolute atomic E-state index is 0.183. The molecule has 0 saturated heterocycles. The second kappa shape index (κ2) is 4.28. The Hall–Kier alpha value is 0.427. The van der Waals surface area contributed by atoms with E-state index < -0.39 is 0 Å². The van der Waals surface area contributed by atoms with E-state index in [0.717, 1.165) is 10.2 Å². The fraction of sp³-hybridized carbons (Fsp3) is 1.00. The molecule has 2 atom stereocenters. The maximum absolute atomic E-state index is 5.74. The van der Waals surface area contributed by atoms with Gasteiger partial charge in [-0.05, 0) is 21.0 Å². The molecular weight excluding hydrogens is 152 g/mol. The SMILES string of the molecule is CC(NC([SiH3])Cl)N(C)C. The maximum Gasteiger partial charge on any atom is 0.0632 e. The van der Waals surface area contributed by atoms with Gasteiger partial charge in [-0.2, -0.15) is 0 Å². The Bertz CT molecular complexity index is 77.4. The Morgan fingerprint density at radius 2 is 2.00 bits per heavy atom. The van der Waals surface area contributed by atoms with E-state index in [2.05, 4.69) is 17.1 Å². The van der Waals surface area contributed by atoms with Gasteiger partial charge in [0.1, 0.15) is 0 Å². The molecule has 0 aliphatic rings. The molecule has 56 valence electrons. The molecule has 0 aromatic carbocycles. The normalized spacial score (nSPS) is 18.3. The van der Waals surface area contributed by atoms with Gasteiger partial charge in [0, 0.05) is 10.2 Å². The monoisotopic (exact) mass is 166 g/mol. The molecule has 0 aliphatic heterocycles. The quantitative estimate of drug-likeness (QED) is 0.260. The molecular formula is C5H15ClN2Si. The lowest BCUT2D eigenvalue weighted by Gasteiger charge is -2.22.